The molecule has 0 aromatic heterocycles. The summed E-state index contributed by atoms with van der Waals surface area (Å²) in [5.41, 5.74) is 2.02. The molecule has 4 nitrogen and oxygen atoms in total. The van der Waals surface area contributed by atoms with E-state index >= 15 is 0 Å². The summed E-state index contributed by atoms with van der Waals surface area (Å²) in [7, 11) is 0. The van der Waals surface area contributed by atoms with Crippen molar-refractivity contribution in [2.45, 2.75) is 12.6 Å². The highest BCUT2D eigenvalue weighted by atomic mass is 35.5. The fraction of sp³-hybridized carbons (Fsp3) is 0.190. The van der Waals surface area contributed by atoms with E-state index in [1.165, 1.54) is 0 Å². The first-order valence-electron chi connectivity index (χ1n) is 8.84. The summed E-state index contributed by atoms with van der Waals surface area (Å²) < 4.78 is 0. The maximum atomic E-state index is 13.3. The first-order valence-corrected chi connectivity index (χ1v) is 9.22. The zero-order chi connectivity index (χ0) is 17.7. The normalized spacial score (nSPS) is 20.2. The molecule has 26 heavy (non-hydrogen) atoms. The van der Waals surface area contributed by atoms with Crippen LogP contribution in [0.15, 0.2) is 66.7 Å². The van der Waals surface area contributed by atoms with E-state index < -0.39 is 0 Å². The summed E-state index contributed by atoms with van der Waals surface area (Å²) in [6, 6.07) is 22.2. The van der Waals surface area contributed by atoms with Crippen LogP contribution >= 0.6 is 11.6 Å². The van der Waals surface area contributed by atoms with E-state index in [2.05, 4.69) is 23.2 Å². The van der Waals surface area contributed by atoms with Gasteiger partial charge in [0.25, 0.3) is 0 Å². The zero-order valence-electron chi connectivity index (χ0n) is 14.2. The van der Waals surface area contributed by atoms with Gasteiger partial charge < -0.3 is 0 Å². The third-order valence-electron chi connectivity index (χ3n) is 5.22. The van der Waals surface area contributed by atoms with Gasteiger partial charge in [0.05, 0.1) is 5.69 Å². The van der Waals surface area contributed by atoms with E-state index in [1.807, 2.05) is 58.4 Å². The minimum atomic E-state index is -0.145. The van der Waals surface area contributed by atoms with E-state index in [0.717, 1.165) is 41.5 Å². The molecule has 0 radical (unpaired) electrons. The van der Waals surface area contributed by atoms with Gasteiger partial charge in [-0.2, -0.15) is 5.01 Å². The number of urea groups is 1. The minimum Gasteiger partial charge on any atom is -0.270 e. The standard InChI is InChI=1S/C21H18ClN3O/c22-17-11-9-16(10-12-17)20-23-13-4-14-24(23)21(26)25(20)19-8-3-6-15-5-1-2-7-18(15)19/h1-3,5-12,20H,4,13-14H2/t20-/m0/s1. The maximum Gasteiger partial charge on any atom is 0.340 e. The molecule has 3 aromatic rings. The molecule has 2 saturated heterocycles. The van der Waals surface area contributed by atoms with Gasteiger partial charge in [0.15, 0.2) is 0 Å². The number of hydrogen-bond acceptors (Lipinski definition) is 2. The number of benzene rings is 3. The third-order valence-corrected chi connectivity index (χ3v) is 5.47. The molecule has 5 rings (SSSR count). The second-order valence-corrected chi connectivity index (χ2v) is 7.15. The lowest BCUT2D eigenvalue weighted by Gasteiger charge is -2.28. The topological polar surface area (TPSA) is 26.8 Å². The Labute approximate surface area is 157 Å². The van der Waals surface area contributed by atoms with Crippen LogP contribution in [0.25, 0.3) is 10.8 Å². The Balaban J connectivity index is 1.69. The van der Waals surface area contributed by atoms with Crippen molar-refractivity contribution in [1.82, 2.24) is 10.0 Å². The highest BCUT2D eigenvalue weighted by molar-refractivity contribution is 6.30. The van der Waals surface area contributed by atoms with Crippen molar-refractivity contribution in [1.29, 1.82) is 0 Å². The molecular weight excluding hydrogens is 346 g/mol. The largest absolute Gasteiger partial charge is 0.340 e. The van der Waals surface area contributed by atoms with Crippen molar-refractivity contribution in [3.8, 4) is 0 Å². The summed E-state index contributed by atoms with van der Waals surface area (Å²) in [6.07, 6.45) is 0.854. The fourth-order valence-corrected chi connectivity index (χ4v) is 4.19. The average molecular weight is 364 g/mol. The van der Waals surface area contributed by atoms with E-state index in [9.17, 15) is 4.79 Å². The van der Waals surface area contributed by atoms with Crippen molar-refractivity contribution < 1.29 is 4.79 Å². The number of anilines is 1. The quantitative estimate of drug-likeness (QED) is 0.636. The van der Waals surface area contributed by atoms with Gasteiger partial charge in [-0.3, -0.25) is 9.91 Å². The number of rotatable bonds is 2. The highest BCUT2D eigenvalue weighted by Crippen LogP contribution is 2.42. The van der Waals surface area contributed by atoms with Gasteiger partial charge >= 0.3 is 6.03 Å². The molecule has 2 aliphatic rings. The second kappa shape index (κ2) is 6.01. The molecule has 0 N–H and O–H groups in total. The van der Waals surface area contributed by atoms with Crippen LogP contribution in [0, 0.1) is 0 Å². The predicted molar refractivity (Wildman–Crippen MR) is 104 cm³/mol. The molecular formula is C21H18ClN3O. The van der Waals surface area contributed by atoms with Crippen LogP contribution in [0.4, 0.5) is 10.5 Å². The smallest absolute Gasteiger partial charge is 0.270 e. The Morgan fingerprint density at radius 2 is 1.65 bits per heavy atom. The van der Waals surface area contributed by atoms with Gasteiger partial charge in [0, 0.05) is 23.5 Å². The number of hydrazine groups is 1. The summed E-state index contributed by atoms with van der Waals surface area (Å²) >= 11 is 6.09. The number of hydrogen-bond donors (Lipinski definition) is 0. The van der Waals surface area contributed by atoms with Crippen LogP contribution in [0.3, 0.4) is 0 Å². The Bertz CT molecular complexity index is 983. The van der Waals surface area contributed by atoms with Crippen LogP contribution in [-0.2, 0) is 0 Å². The molecule has 2 aliphatic heterocycles. The molecule has 0 aliphatic carbocycles. The SMILES string of the molecule is O=C1N(c2cccc3ccccc23)[C@@H](c2ccc(Cl)cc2)N2CCCN12. The molecule has 1 atom stereocenters. The fourth-order valence-electron chi connectivity index (χ4n) is 4.06. The summed E-state index contributed by atoms with van der Waals surface area (Å²) in [5, 5.41) is 6.97. The molecule has 5 heteroatoms. The Morgan fingerprint density at radius 3 is 2.50 bits per heavy atom. The molecule has 2 fully saturated rings. The lowest BCUT2D eigenvalue weighted by Crippen LogP contribution is -2.32. The molecule has 0 unspecified atom stereocenters. The van der Waals surface area contributed by atoms with Crippen molar-refractivity contribution in [3.63, 3.8) is 0 Å². The number of carbonyl (C=O) groups is 1. The van der Waals surface area contributed by atoms with Gasteiger partial charge in [-0.15, -0.1) is 0 Å². The third kappa shape index (κ3) is 2.30. The van der Waals surface area contributed by atoms with Crippen LogP contribution in [0.1, 0.15) is 18.2 Å². The Morgan fingerprint density at radius 1 is 0.885 bits per heavy atom. The number of halogens is 1. The molecule has 0 saturated carbocycles. The van der Waals surface area contributed by atoms with E-state index in [0.29, 0.717) is 5.02 Å². The van der Waals surface area contributed by atoms with Crippen LogP contribution in [0.2, 0.25) is 5.02 Å². The monoisotopic (exact) mass is 363 g/mol. The Hall–Kier alpha value is -2.56. The van der Waals surface area contributed by atoms with E-state index in [-0.39, 0.29) is 12.2 Å². The second-order valence-electron chi connectivity index (χ2n) is 6.72. The summed E-state index contributed by atoms with van der Waals surface area (Å²) in [4.78, 5) is 15.2. The van der Waals surface area contributed by atoms with E-state index in [4.69, 9.17) is 11.6 Å². The van der Waals surface area contributed by atoms with Gasteiger partial charge in [0.1, 0.15) is 6.17 Å². The molecule has 2 amide bonds. The van der Waals surface area contributed by atoms with Crippen molar-refractivity contribution in [3.05, 3.63) is 77.3 Å². The summed E-state index contributed by atoms with van der Waals surface area (Å²) in [6.45, 7) is 1.64. The van der Waals surface area contributed by atoms with Crippen LogP contribution < -0.4 is 4.90 Å². The first kappa shape index (κ1) is 15.7. The molecule has 0 bridgehead atoms. The maximum absolute atomic E-state index is 13.3. The number of carbonyl (C=O) groups excluding carboxylic acids is 1. The van der Waals surface area contributed by atoms with Gasteiger partial charge in [-0.1, -0.05) is 60.1 Å². The Kier molecular flexibility index (Phi) is 3.62. The lowest BCUT2D eigenvalue weighted by molar-refractivity contribution is 0.0728. The van der Waals surface area contributed by atoms with Crippen molar-refractivity contribution in [2.24, 2.45) is 0 Å². The summed E-state index contributed by atoms with van der Waals surface area (Å²) in [5.74, 6) is 0. The molecule has 2 heterocycles. The lowest BCUT2D eigenvalue weighted by atomic mass is 10.1. The van der Waals surface area contributed by atoms with Crippen molar-refractivity contribution in [2.75, 3.05) is 18.0 Å². The van der Waals surface area contributed by atoms with Crippen LogP contribution in [0.5, 0.6) is 0 Å². The average Bonchev–Trinajstić information content (AvgIpc) is 3.24. The van der Waals surface area contributed by atoms with Gasteiger partial charge in [-0.05, 0) is 35.6 Å². The first-order chi connectivity index (χ1) is 12.7. The van der Waals surface area contributed by atoms with E-state index in [1.54, 1.807) is 0 Å². The predicted octanol–water partition coefficient (Wildman–Crippen LogP) is 5.05. The number of nitrogens with zero attached hydrogens (tertiary/aromatic N) is 3. The van der Waals surface area contributed by atoms with Crippen LogP contribution in [-0.4, -0.2) is 29.1 Å². The minimum absolute atomic E-state index is 0.0406. The van der Waals surface area contributed by atoms with Gasteiger partial charge in [-0.25, -0.2) is 4.79 Å². The van der Waals surface area contributed by atoms with Crippen molar-refractivity contribution >= 4 is 34.1 Å². The number of amides is 2. The number of fused-ring (bicyclic) bond motifs is 2. The molecule has 130 valence electrons. The van der Waals surface area contributed by atoms with Gasteiger partial charge in [0.2, 0.25) is 0 Å². The molecule has 0 spiro atoms. The zero-order valence-corrected chi connectivity index (χ0v) is 14.9. The highest BCUT2D eigenvalue weighted by Gasteiger charge is 2.48. The molecule has 3 aromatic carbocycles.